The van der Waals surface area contributed by atoms with Crippen molar-refractivity contribution in [2.75, 3.05) is 6.61 Å². The van der Waals surface area contributed by atoms with Gasteiger partial charge in [0.2, 0.25) is 5.78 Å². The van der Waals surface area contributed by atoms with E-state index in [1.807, 2.05) is 37.5 Å². The molecule has 3 aromatic rings. The normalized spacial score (nSPS) is 10.8. The number of hydrogen-bond donors (Lipinski definition) is 0. The Kier molecular flexibility index (Phi) is 4.75. The van der Waals surface area contributed by atoms with Crippen LogP contribution < -0.4 is 4.74 Å². The number of carbonyl (C=O) groups excluding carboxylic acids is 2. The van der Waals surface area contributed by atoms with Gasteiger partial charge in [0.05, 0.1) is 0 Å². The number of aryl methyl sites for hydroxylation is 2. The van der Waals surface area contributed by atoms with Crippen LogP contribution in [0.1, 0.15) is 44.8 Å². The molecule has 0 bridgehead atoms. The molecule has 0 amide bonds. The minimum Gasteiger partial charge on any atom is -0.485 e. The number of benzene rings is 1. The van der Waals surface area contributed by atoms with Crippen molar-refractivity contribution in [1.29, 1.82) is 0 Å². The zero-order valence-electron chi connectivity index (χ0n) is 15.2. The molecule has 0 saturated heterocycles. The van der Waals surface area contributed by atoms with Gasteiger partial charge >= 0.3 is 0 Å². The lowest BCUT2D eigenvalue weighted by molar-refractivity contribution is 0.0919. The Labute approximate surface area is 151 Å². The van der Waals surface area contributed by atoms with Crippen molar-refractivity contribution in [2.24, 2.45) is 0 Å². The highest BCUT2D eigenvalue weighted by atomic mass is 16.5. The Hall–Kier alpha value is -3.15. The second kappa shape index (κ2) is 7.00. The highest BCUT2D eigenvalue weighted by Crippen LogP contribution is 2.21. The van der Waals surface area contributed by atoms with E-state index in [-0.39, 0.29) is 18.2 Å². The molecule has 0 unspecified atom stereocenters. The molecule has 0 saturated carbocycles. The molecule has 6 nitrogen and oxygen atoms in total. The quantitative estimate of drug-likeness (QED) is 0.630. The smallest absolute Gasteiger partial charge is 0.202 e. The molecule has 26 heavy (non-hydrogen) atoms. The summed E-state index contributed by atoms with van der Waals surface area (Å²) in [5.41, 5.74) is 2.87. The fraction of sp³-hybridized carbons (Fsp3) is 0.250. The SMILES string of the molecule is CC(=O)c1ccc(OCC(=O)c2cc(C)n(-c3cc(C)on3)c2C)cc1. The van der Waals surface area contributed by atoms with Gasteiger partial charge < -0.3 is 9.26 Å². The fourth-order valence-corrected chi connectivity index (χ4v) is 2.87. The monoisotopic (exact) mass is 352 g/mol. The standard InChI is InChI=1S/C20H20N2O4/c1-12-9-18(14(3)22(12)20-10-13(2)26-21-20)19(24)11-25-17-7-5-16(6-8-17)15(4)23/h5-10H,11H2,1-4H3. The van der Waals surface area contributed by atoms with Crippen LogP contribution in [0.25, 0.3) is 5.82 Å². The first-order chi connectivity index (χ1) is 12.4. The molecule has 134 valence electrons. The van der Waals surface area contributed by atoms with Gasteiger partial charge in [0, 0.05) is 28.6 Å². The maximum atomic E-state index is 12.6. The average Bonchev–Trinajstić information content (AvgIpc) is 3.15. The van der Waals surface area contributed by atoms with Crippen molar-refractivity contribution in [3.05, 3.63) is 64.7 Å². The molecule has 3 rings (SSSR count). The van der Waals surface area contributed by atoms with Crippen LogP contribution in [0.4, 0.5) is 0 Å². The van der Waals surface area contributed by atoms with E-state index in [1.54, 1.807) is 24.3 Å². The third-order valence-electron chi connectivity index (χ3n) is 4.21. The van der Waals surface area contributed by atoms with E-state index in [4.69, 9.17) is 9.26 Å². The van der Waals surface area contributed by atoms with Gasteiger partial charge in [-0.25, -0.2) is 0 Å². The molecule has 0 spiro atoms. The Morgan fingerprint density at radius 1 is 1.12 bits per heavy atom. The summed E-state index contributed by atoms with van der Waals surface area (Å²) < 4.78 is 12.6. The number of rotatable bonds is 6. The Morgan fingerprint density at radius 2 is 1.81 bits per heavy atom. The van der Waals surface area contributed by atoms with Crippen LogP contribution in [0.15, 0.2) is 40.9 Å². The van der Waals surface area contributed by atoms with E-state index in [1.165, 1.54) is 6.92 Å². The van der Waals surface area contributed by atoms with Crippen molar-refractivity contribution in [1.82, 2.24) is 9.72 Å². The third-order valence-corrected chi connectivity index (χ3v) is 4.21. The van der Waals surface area contributed by atoms with Gasteiger partial charge in [-0.1, -0.05) is 5.16 Å². The summed E-state index contributed by atoms with van der Waals surface area (Å²) >= 11 is 0. The van der Waals surface area contributed by atoms with Gasteiger partial charge in [0.1, 0.15) is 11.5 Å². The number of Topliss-reactive ketones (excluding diaryl/α,β-unsaturated/α-hetero) is 2. The van der Waals surface area contributed by atoms with Crippen molar-refractivity contribution in [3.63, 3.8) is 0 Å². The molecule has 2 heterocycles. The molecule has 0 atom stereocenters. The number of nitrogens with zero attached hydrogens (tertiary/aromatic N) is 2. The summed E-state index contributed by atoms with van der Waals surface area (Å²) in [5.74, 6) is 1.77. The van der Waals surface area contributed by atoms with Gasteiger partial charge in [0.25, 0.3) is 0 Å². The van der Waals surface area contributed by atoms with Crippen LogP contribution in [0.3, 0.4) is 0 Å². The maximum Gasteiger partial charge on any atom is 0.202 e. The number of hydrogen-bond acceptors (Lipinski definition) is 5. The maximum absolute atomic E-state index is 12.6. The lowest BCUT2D eigenvalue weighted by Crippen LogP contribution is -2.13. The average molecular weight is 352 g/mol. The van der Waals surface area contributed by atoms with Crippen LogP contribution >= 0.6 is 0 Å². The summed E-state index contributed by atoms with van der Waals surface area (Å²) in [5, 5.41) is 4.01. The van der Waals surface area contributed by atoms with E-state index in [9.17, 15) is 9.59 Å². The molecule has 0 fully saturated rings. The summed E-state index contributed by atoms with van der Waals surface area (Å²) in [4.78, 5) is 23.9. The van der Waals surface area contributed by atoms with Crippen LogP contribution in [0.2, 0.25) is 0 Å². The number of aromatic nitrogens is 2. The lowest BCUT2D eigenvalue weighted by atomic mass is 10.1. The third kappa shape index (κ3) is 3.44. The molecule has 0 aliphatic carbocycles. The molecule has 0 aliphatic rings. The molecule has 1 aromatic carbocycles. The molecule has 0 N–H and O–H groups in total. The van der Waals surface area contributed by atoms with Gasteiger partial charge in [0.15, 0.2) is 18.2 Å². The Balaban J connectivity index is 1.75. The van der Waals surface area contributed by atoms with Gasteiger partial charge in [-0.05, 0) is 58.0 Å². The first-order valence-corrected chi connectivity index (χ1v) is 8.26. The molecule has 2 aromatic heterocycles. The minimum absolute atomic E-state index is 0.0110. The van der Waals surface area contributed by atoms with Gasteiger partial charge in [-0.2, -0.15) is 0 Å². The van der Waals surface area contributed by atoms with Crippen LogP contribution in [0.5, 0.6) is 5.75 Å². The van der Waals surface area contributed by atoms with Gasteiger partial charge in [-0.15, -0.1) is 0 Å². The van der Waals surface area contributed by atoms with Crippen molar-refractivity contribution >= 4 is 11.6 Å². The van der Waals surface area contributed by atoms with E-state index in [0.717, 1.165) is 11.4 Å². The molecular weight excluding hydrogens is 332 g/mol. The van der Waals surface area contributed by atoms with E-state index in [2.05, 4.69) is 5.16 Å². The first-order valence-electron chi connectivity index (χ1n) is 8.26. The van der Waals surface area contributed by atoms with Crippen LogP contribution in [-0.2, 0) is 0 Å². The zero-order chi connectivity index (χ0) is 18.8. The lowest BCUT2D eigenvalue weighted by Gasteiger charge is -2.07. The van der Waals surface area contributed by atoms with Crippen molar-refractivity contribution < 1.29 is 18.8 Å². The minimum atomic E-state index is -0.125. The predicted octanol–water partition coefficient (Wildman–Crippen LogP) is 3.85. The van der Waals surface area contributed by atoms with E-state index >= 15 is 0 Å². The summed E-state index contributed by atoms with van der Waals surface area (Å²) in [6.07, 6.45) is 0. The van der Waals surface area contributed by atoms with E-state index < -0.39 is 0 Å². The van der Waals surface area contributed by atoms with Crippen molar-refractivity contribution in [2.45, 2.75) is 27.7 Å². The first kappa shape index (κ1) is 17.7. The molecule has 0 aliphatic heterocycles. The predicted molar refractivity (Wildman–Crippen MR) is 96.3 cm³/mol. The van der Waals surface area contributed by atoms with Gasteiger partial charge in [-0.3, -0.25) is 14.2 Å². The zero-order valence-corrected chi connectivity index (χ0v) is 15.2. The number of carbonyl (C=O) groups is 2. The fourth-order valence-electron chi connectivity index (χ4n) is 2.87. The van der Waals surface area contributed by atoms with E-state index in [0.29, 0.717) is 28.5 Å². The Morgan fingerprint density at radius 3 is 2.38 bits per heavy atom. The highest BCUT2D eigenvalue weighted by Gasteiger charge is 2.18. The second-order valence-corrected chi connectivity index (χ2v) is 6.21. The Bertz CT molecular complexity index is 964. The molecule has 0 radical (unpaired) electrons. The molecular formula is C20H20N2O4. The second-order valence-electron chi connectivity index (χ2n) is 6.21. The number of ketones is 2. The highest BCUT2D eigenvalue weighted by molar-refractivity contribution is 5.99. The largest absolute Gasteiger partial charge is 0.485 e. The molecule has 6 heteroatoms. The summed E-state index contributed by atoms with van der Waals surface area (Å²) in [7, 11) is 0. The topological polar surface area (TPSA) is 74.3 Å². The number of ether oxygens (including phenoxy) is 1. The summed E-state index contributed by atoms with van der Waals surface area (Å²) in [6.45, 7) is 7.02. The van der Waals surface area contributed by atoms with Crippen molar-refractivity contribution in [3.8, 4) is 11.6 Å². The van der Waals surface area contributed by atoms with Crippen LogP contribution in [-0.4, -0.2) is 27.9 Å². The van der Waals surface area contributed by atoms with Crippen LogP contribution in [0, 0.1) is 20.8 Å². The summed E-state index contributed by atoms with van der Waals surface area (Å²) in [6, 6.07) is 10.4.